The highest BCUT2D eigenvalue weighted by Crippen LogP contribution is 2.23. The minimum Gasteiger partial charge on any atom is -0.348 e. The molecule has 3 aromatic rings. The van der Waals surface area contributed by atoms with E-state index in [1.54, 1.807) is 49.4 Å². The van der Waals surface area contributed by atoms with Crippen molar-refractivity contribution in [3.63, 3.8) is 0 Å². The molecule has 184 valence electrons. The second kappa shape index (κ2) is 11.1. The van der Waals surface area contributed by atoms with E-state index in [0.29, 0.717) is 23.4 Å². The quantitative estimate of drug-likeness (QED) is 0.464. The summed E-state index contributed by atoms with van der Waals surface area (Å²) in [5.41, 5.74) is 4.70. The highest BCUT2D eigenvalue weighted by molar-refractivity contribution is 7.92. The third-order valence-corrected chi connectivity index (χ3v) is 7.87. The number of amides is 1. The maximum absolute atomic E-state index is 12.9. The van der Waals surface area contributed by atoms with Gasteiger partial charge in [0.15, 0.2) is 0 Å². The molecule has 0 spiro atoms. The second-order valence-electron chi connectivity index (χ2n) is 9.23. The number of nitrogens with zero attached hydrogens (tertiary/aromatic N) is 1. The summed E-state index contributed by atoms with van der Waals surface area (Å²) < 4.78 is 28.2. The van der Waals surface area contributed by atoms with Crippen LogP contribution in [-0.4, -0.2) is 32.3 Å². The number of hydrogen-bond acceptors (Lipinski definition) is 4. The predicted octanol–water partition coefficient (Wildman–Crippen LogP) is 5.02. The van der Waals surface area contributed by atoms with Gasteiger partial charge in [0.1, 0.15) is 0 Å². The lowest BCUT2D eigenvalue weighted by Gasteiger charge is -2.26. The number of likely N-dealkylation sites (tertiary alicyclic amines) is 1. The first-order valence-electron chi connectivity index (χ1n) is 12.1. The minimum atomic E-state index is -3.75. The fourth-order valence-corrected chi connectivity index (χ4v) is 5.45. The Hall–Kier alpha value is -3.16. The van der Waals surface area contributed by atoms with E-state index in [4.69, 9.17) is 0 Å². The molecular weight excluding hydrogens is 458 g/mol. The van der Waals surface area contributed by atoms with Crippen molar-refractivity contribution >= 4 is 21.6 Å². The molecule has 2 N–H and O–H groups in total. The number of anilines is 1. The summed E-state index contributed by atoms with van der Waals surface area (Å²) in [6.45, 7) is 7.35. The van der Waals surface area contributed by atoms with E-state index in [2.05, 4.69) is 39.2 Å². The molecule has 1 heterocycles. The number of benzene rings is 3. The molecule has 0 aromatic heterocycles. The lowest BCUT2D eigenvalue weighted by molar-refractivity contribution is 0.0950. The van der Waals surface area contributed by atoms with Gasteiger partial charge in [-0.05, 0) is 80.7 Å². The van der Waals surface area contributed by atoms with Crippen molar-refractivity contribution < 1.29 is 13.2 Å². The van der Waals surface area contributed by atoms with Gasteiger partial charge in [-0.25, -0.2) is 8.42 Å². The molecule has 1 fully saturated rings. The SMILES string of the molecule is Cc1ccc(S(=O)(=O)Nc2cccc(C(=O)NCc3ccc(CN4CCCCC4)cc3)c2C)cc1. The van der Waals surface area contributed by atoms with Gasteiger partial charge in [0.25, 0.3) is 15.9 Å². The van der Waals surface area contributed by atoms with E-state index in [-0.39, 0.29) is 10.8 Å². The molecular formula is C28H33N3O3S. The van der Waals surface area contributed by atoms with Gasteiger partial charge in [0, 0.05) is 18.7 Å². The fraction of sp³-hybridized carbons (Fsp3) is 0.321. The van der Waals surface area contributed by atoms with E-state index >= 15 is 0 Å². The Morgan fingerprint density at radius 1 is 0.857 bits per heavy atom. The number of carbonyl (C=O) groups excluding carboxylic acids is 1. The Balaban J connectivity index is 1.38. The van der Waals surface area contributed by atoms with Gasteiger partial charge < -0.3 is 5.32 Å². The van der Waals surface area contributed by atoms with Crippen LogP contribution in [0.4, 0.5) is 5.69 Å². The molecule has 3 aromatic carbocycles. The van der Waals surface area contributed by atoms with Crippen LogP contribution in [0, 0.1) is 13.8 Å². The van der Waals surface area contributed by atoms with E-state index < -0.39 is 10.0 Å². The maximum Gasteiger partial charge on any atom is 0.261 e. The highest BCUT2D eigenvalue weighted by Gasteiger charge is 2.18. The van der Waals surface area contributed by atoms with Gasteiger partial charge in [-0.2, -0.15) is 0 Å². The van der Waals surface area contributed by atoms with Crippen molar-refractivity contribution in [2.45, 2.75) is 51.1 Å². The minimum absolute atomic E-state index is 0.182. The second-order valence-corrected chi connectivity index (χ2v) is 10.9. The standard InChI is InChI=1S/C28H33N3O3S/c1-21-9-15-25(16-10-21)35(33,34)30-27-8-6-7-26(22(27)2)28(32)29-19-23-11-13-24(14-12-23)20-31-17-4-3-5-18-31/h6-16,30H,3-5,17-20H2,1-2H3,(H,29,32). The van der Waals surface area contributed by atoms with Gasteiger partial charge in [-0.1, -0.05) is 54.4 Å². The fourth-order valence-electron chi connectivity index (χ4n) is 4.33. The smallest absolute Gasteiger partial charge is 0.261 e. The highest BCUT2D eigenvalue weighted by atomic mass is 32.2. The van der Waals surface area contributed by atoms with Crippen LogP contribution < -0.4 is 10.0 Å². The zero-order chi connectivity index (χ0) is 24.8. The van der Waals surface area contributed by atoms with Crippen LogP contribution in [0.5, 0.6) is 0 Å². The summed E-state index contributed by atoms with van der Waals surface area (Å²) in [7, 11) is -3.75. The average molecular weight is 492 g/mol. The Kier molecular flexibility index (Phi) is 7.88. The lowest BCUT2D eigenvalue weighted by Crippen LogP contribution is -2.29. The van der Waals surface area contributed by atoms with E-state index in [1.165, 1.54) is 24.8 Å². The molecule has 0 radical (unpaired) electrons. The first-order chi connectivity index (χ1) is 16.8. The Bertz CT molecular complexity index is 1260. The number of nitrogens with one attached hydrogen (secondary N) is 2. The van der Waals surface area contributed by atoms with Gasteiger partial charge in [-0.3, -0.25) is 14.4 Å². The van der Waals surface area contributed by atoms with Crippen LogP contribution in [0.15, 0.2) is 71.6 Å². The lowest BCUT2D eigenvalue weighted by atomic mass is 10.1. The van der Waals surface area contributed by atoms with E-state index in [9.17, 15) is 13.2 Å². The number of hydrogen-bond donors (Lipinski definition) is 2. The van der Waals surface area contributed by atoms with Crippen LogP contribution in [-0.2, 0) is 23.1 Å². The molecule has 1 aliphatic rings. The topological polar surface area (TPSA) is 78.5 Å². The van der Waals surface area contributed by atoms with Crippen molar-refractivity contribution in [2.75, 3.05) is 17.8 Å². The molecule has 7 heteroatoms. The van der Waals surface area contributed by atoms with Gasteiger partial charge in [0.2, 0.25) is 0 Å². The molecule has 35 heavy (non-hydrogen) atoms. The van der Waals surface area contributed by atoms with Crippen LogP contribution in [0.2, 0.25) is 0 Å². The molecule has 6 nitrogen and oxygen atoms in total. The third kappa shape index (κ3) is 6.50. The molecule has 4 rings (SSSR count). The van der Waals surface area contributed by atoms with E-state index in [1.807, 2.05) is 6.92 Å². The Morgan fingerprint density at radius 2 is 1.51 bits per heavy atom. The summed E-state index contributed by atoms with van der Waals surface area (Å²) in [5.74, 6) is -0.240. The molecule has 1 amide bonds. The summed E-state index contributed by atoms with van der Waals surface area (Å²) in [4.78, 5) is 15.6. The van der Waals surface area contributed by atoms with Crippen molar-refractivity contribution in [2.24, 2.45) is 0 Å². The predicted molar refractivity (Wildman–Crippen MR) is 140 cm³/mol. The van der Waals surface area contributed by atoms with Crippen LogP contribution in [0.1, 0.15) is 51.9 Å². The van der Waals surface area contributed by atoms with Crippen molar-refractivity contribution in [1.29, 1.82) is 0 Å². The molecule has 0 aliphatic carbocycles. The molecule has 0 bridgehead atoms. The first kappa shape index (κ1) is 24.9. The van der Waals surface area contributed by atoms with Crippen molar-refractivity contribution in [3.05, 3.63) is 94.5 Å². The van der Waals surface area contributed by atoms with E-state index in [0.717, 1.165) is 30.8 Å². The molecule has 0 unspecified atom stereocenters. The van der Waals surface area contributed by atoms with Crippen molar-refractivity contribution in [1.82, 2.24) is 10.2 Å². The van der Waals surface area contributed by atoms with Crippen LogP contribution in [0.25, 0.3) is 0 Å². The number of carbonyl (C=O) groups is 1. The monoisotopic (exact) mass is 491 g/mol. The molecule has 1 saturated heterocycles. The number of aryl methyl sites for hydroxylation is 1. The van der Waals surface area contributed by atoms with Crippen LogP contribution >= 0.6 is 0 Å². The maximum atomic E-state index is 12.9. The van der Waals surface area contributed by atoms with Gasteiger partial charge in [-0.15, -0.1) is 0 Å². The summed E-state index contributed by atoms with van der Waals surface area (Å²) in [6, 6.07) is 20.1. The van der Waals surface area contributed by atoms with Crippen molar-refractivity contribution in [3.8, 4) is 0 Å². The summed E-state index contributed by atoms with van der Waals surface area (Å²) >= 11 is 0. The third-order valence-electron chi connectivity index (χ3n) is 6.48. The first-order valence-corrected chi connectivity index (χ1v) is 13.6. The van der Waals surface area contributed by atoms with Gasteiger partial charge in [0.05, 0.1) is 10.6 Å². The normalized spacial score (nSPS) is 14.5. The largest absolute Gasteiger partial charge is 0.348 e. The molecule has 0 atom stereocenters. The molecule has 1 aliphatic heterocycles. The number of rotatable bonds is 8. The number of piperidine rings is 1. The Morgan fingerprint density at radius 3 is 2.20 bits per heavy atom. The summed E-state index contributed by atoms with van der Waals surface area (Å²) in [6.07, 6.45) is 3.88. The molecule has 0 saturated carbocycles. The number of sulfonamides is 1. The zero-order valence-electron chi connectivity index (χ0n) is 20.4. The Labute approximate surface area is 208 Å². The zero-order valence-corrected chi connectivity index (χ0v) is 21.2. The summed E-state index contributed by atoms with van der Waals surface area (Å²) in [5, 5.41) is 2.96. The average Bonchev–Trinajstić information content (AvgIpc) is 2.85. The van der Waals surface area contributed by atoms with Crippen LogP contribution in [0.3, 0.4) is 0 Å². The van der Waals surface area contributed by atoms with Gasteiger partial charge >= 0.3 is 0 Å².